The van der Waals surface area contributed by atoms with E-state index < -0.39 is 6.29 Å². The predicted octanol–water partition coefficient (Wildman–Crippen LogP) is 27.1. The largest absolute Gasteiger partial charge is 0.508 e. The summed E-state index contributed by atoms with van der Waals surface area (Å²) in [5.41, 5.74) is 20.9. The van der Waals surface area contributed by atoms with Crippen LogP contribution in [-0.4, -0.2) is 38.6 Å². The van der Waals surface area contributed by atoms with Crippen LogP contribution in [0.3, 0.4) is 0 Å². The molecule has 118 heavy (non-hydrogen) atoms. The minimum atomic E-state index is -0.446. The fourth-order valence-electron chi connectivity index (χ4n) is 17.6. The third kappa shape index (κ3) is 27.4. The van der Waals surface area contributed by atoms with E-state index in [4.69, 9.17) is 9.47 Å². The zero-order valence-corrected chi connectivity index (χ0v) is 73.3. The Bertz CT molecular complexity index is 4460. The van der Waals surface area contributed by atoms with E-state index in [9.17, 15) is 30.5 Å². The van der Waals surface area contributed by atoms with Crippen molar-refractivity contribution in [2.75, 3.05) is 32.8 Å². The molecule has 0 bridgehead atoms. The number of nitro groups is 1. The summed E-state index contributed by atoms with van der Waals surface area (Å²) in [4.78, 5) is 22.5. The molecule has 634 valence electrons. The van der Waals surface area contributed by atoms with E-state index >= 15 is 0 Å². The van der Waals surface area contributed by atoms with Crippen molar-refractivity contribution in [1.82, 2.24) is 0 Å². The highest BCUT2D eigenvalue weighted by molar-refractivity contribution is 5.61. The Morgan fingerprint density at radius 2 is 0.559 bits per heavy atom. The van der Waals surface area contributed by atoms with Crippen LogP contribution in [0.15, 0.2) is 188 Å². The smallest absolute Gasteiger partial charge is 0.269 e. The van der Waals surface area contributed by atoms with E-state index in [-0.39, 0.29) is 33.6 Å². The number of anilines is 4. The maximum Gasteiger partial charge on any atom is 0.269 e. The van der Waals surface area contributed by atoms with Gasteiger partial charge >= 0.3 is 0 Å². The van der Waals surface area contributed by atoms with Crippen molar-refractivity contribution in [3.8, 4) is 23.0 Å². The third-order valence-electron chi connectivity index (χ3n) is 25.4. The summed E-state index contributed by atoms with van der Waals surface area (Å²) in [6.07, 6.45) is 26.8. The van der Waals surface area contributed by atoms with Gasteiger partial charge in [0.25, 0.3) is 5.69 Å². The van der Waals surface area contributed by atoms with E-state index in [1.165, 1.54) is 64.6 Å². The van der Waals surface area contributed by atoms with E-state index in [0.29, 0.717) is 95.2 Å². The summed E-state index contributed by atoms with van der Waals surface area (Å²) in [7, 11) is 0. The molecule has 0 amide bonds. The molecule has 13 nitrogen and oxygen atoms in total. The molecule has 9 aromatic carbocycles. The molecule has 0 radical (unpaired) electrons. The predicted molar refractivity (Wildman–Crippen MR) is 491 cm³/mol. The molecule has 5 unspecified atom stereocenters. The highest BCUT2D eigenvalue weighted by Gasteiger charge is 2.28. The molecular formula is C105H141N5O8. The van der Waals surface area contributed by atoms with E-state index in [1.54, 1.807) is 42.5 Å². The summed E-state index contributed by atoms with van der Waals surface area (Å²) in [5.74, 6) is 3.34. The van der Waals surface area contributed by atoms with E-state index in [2.05, 4.69) is 198 Å². The van der Waals surface area contributed by atoms with Gasteiger partial charge < -0.3 is 49.5 Å². The van der Waals surface area contributed by atoms with E-state index in [0.717, 1.165) is 197 Å². The summed E-state index contributed by atoms with van der Waals surface area (Å²) in [6, 6.07) is 64.9. The normalized spacial score (nSPS) is 13.6. The quantitative estimate of drug-likeness (QED) is 0.0212. The van der Waals surface area contributed by atoms with Gasteiger partial charge in [-0.1, -0.05) is 277 Å². The Morgan fingerprint density at radius 1 is 0.314 bits per heavy atom. The van der Waals surface area contributed by atoms with Crippen molar-refractivity contribution < 1.29 is 34.8 Å². The van der Waals surface area contributed by atoms with Crippen LogP contribution < -0.4 is 19.6 Å². The molecular weight excluding hydrogens is 1460 g/mol. The number of hydrogen-bond donors (Lipinski definition) is 4. The van der Waals surface area contributed by atoms with Crippen LogP contribution in [0.4, 0.5) is 28.4 Å². The first-order valence-corrected chi connectivity index (χ1v) is 45.5. The van der Waals surface area contributed by atoms with Gasteiger partial charge in [0, 0.05) is 92.8 Å². The highest BCUT2D eigenvalue weighted by Crippen LogP contribution is 2.40. The molecule has 4 N–H and O–H groups in total. The maximum absolute atomic E-state index is 12.8. The van der Waals surface area contributed by atoms with Crippen LogP contribution in [0, 0.1) is 39.7 Å². The number of phenols is 4. The van der Waals surface area contributed by atoms with Gasteiger partial charge in [0.1, 0.15) is 23.0 Å². The Labute approximate surface area is 709 Å². The van der Waals surface area contributed by atoms with Crippen LogP contribution >= 0.6 is 0 Å². The second-order valence-electron chi connectivity index (χ2n) is 34.2. The molecule has 5 atom stereocenters. The van der Waals surface area contributed by atoms with Gasteiger partial charge in [0.15, 0.2) is 6.29 Å². The Hall–Kier alpha value is -9.30. The summed E-state index contributed by atoms with van der Waals surface area (Å²) >= 11 is 0. The molecule has 10 rings (SSSR count). The molecule has 0 saturated carbocycles. The molecule has 1 aliphatic rings. The fourth-order valence-corrected chi connectivity index (χ4v) is 17.6. The lowest BCUT2D eigenvalue weighted by atomic mass is 9.88. The Kier molecular flexibility index (Phi) is 36.6. The van der Waals surface area contributed by atoms with Gasteiger partial charge in [-0.3, -0.25) is 10.1 Å². The highest BCUT2D eigenvalue weighted by atomic mass is 16.7. The van der Waals surface area contributed by atoms with Crippen LogP contribution in [0.1, 0.15) is 282 Å². The fraction of sp³-hybridized carbons (Fsp3) is 0.486. The van der Waals surface area contributed by atoms with Crippen LogP contribution in [-0.2, 0) is 93.9 Å². The van der Waals surface area contributed by atoms with Crippen molar-refractivity contribution in [1.29, 1.82) is 0 Å². The Morgan fingerprint density at radius 3 is 0.822 bits per heavy atom. The van der Waals surface area contributed by atoms with Gasteiger partial charge in [-0.2, -0.15) is 0 Å². The zero-order chi connectivity index (χ0) is 83.7. The molecule has 0 aromatic heterocycles. The number of nitrogens with zero attached hydrogens (tertiary/aromatic N) is 5. The monoisotopic (exact) mass is 1600 g/mol. The molecule has 1 heterocycles. The summed E-state index contributed by atoms with van der Waals surface area (Å²) < 4.78 is 12.9. The molecule has 9 aromatic rings. The average molecular weight is 1600 g/mol. The van der Waals surface area contributed by atoms with Crippen molar-refractivity contribution in [2.45, 2.75) is 288 Å². The van der Waals surface area contributed by atoms with Gasteiger partial charge in [0.2, 0.25) is 0 Å². The molecule has 0 spiro atoms. The minimum absolute atomic E-state index is 0.0879. The van der Waals surface area contributed by atoms with Crippen molar-refractivity contribution >= 4 is 28.4 Å². The zero-order valence-electron chi connectivity index (χ0n) is 73.3. The first-order valence-electron chi connectivity index (χ1n) is 45.5. The minimum Gasteiger partial charge on any atom is -0.508 e. The van der Waals surface area contributed by atoms with Gasteiger partial charge in [-0.25, -0.2) is 0 Å². The molecule has 1 fully saturated rings. The van der Waals surface area contributed by atoms with Crippen molar-refractivity contribution in [3.63, 3.8) is 0 Å². The van der Waals surface area contributed by atoms with Crippen LogP contribution in [0.2, 0.25) is 0 Å². The van der Waals surface area contributed by atoms with Gasteiger partial charge in [-0.05, 0) is 231 Å². The average Bonchev–Trinajstić information content (AvgIpc) is 1.12. The standard InChI is InChI=1S/C105H141N5O8/c1-11-21-26-77(16-6)59-86-39-44-95(106(69-82-31-49-100(111)50-32-82)74-92-65-97(46-40-87(92)60-78(17-7)27-22-12-2)108(71-84-35-53-102(113)54-36-84)76-94-67-99(110(115)116)48-42-89(94)62-80(19-9)29-24-14-4)64-91(86)73-107(70-83-33-51-101(112)52-34-83)96-45-41-88(61-79(18-8)28-23-13-3)93(66-96)75-109(72-85-37-55-103(114)56-38-85)98-47-43-90(63-81(20-10)30-25-15-5)104(68-98)105-117-57-58-118-105/h31-56,64-68,77-81,105,111-114H,11-30,57-63,69-76H2,1-10H3. The molecule has 1 aliphatic heterocycles. The number of aromatic hydroxyl groups is 4. The van der Waals surface area contributed by atoms with Gasteiger partial charge in [0.05, 0.1) is 18.1 Å². The van der Waals surface area contributed by atoms with Crippen molar-refractivity contribution in [3.05, 3.63) is 276 Å². The number of benzene rings is 9. The lowest BCUT2D eigenvalue weighted by Gasteiger charge is -2.32. The first kappa shape index (κ1) is 91.0. The van der Waals surface area contributed by atoms with Gasteiger partial charge in [-0.15, -0.1) is 0 Å². The number of phenolic OH excluding ortho intramolecular Hbond substituents is 4. The molecule has 13 heteroatoms. The third-order valence-corrected chi connectivity index (χ3v) is 25.4. The lowest BCUT2D eigenvalue weighted by molar-refractivity contribution is -0.384. The molecule has 0 aliphatic carbocycles. The topological polar surface area (TPSA) is 155 Å². The summed E-state index contributed by atoms with van der Waals surface area (Å²) in [6.45, 7) is 28.6. The second-order valence-corrected chi connectivity index (χ2v) is 34.2. The number of rotatable bonds is 52. The number of unbranched alkanes of at least 4 members (excludes halogenated alkanes) is 5. The Balaban J connectivity index is 1.15. The van der Waals surface area contributed by atoms with E-state index in [1.807, 2.05) is 36.4 Å². The second kappa shape index (κ2) is 47.5. The maximum atomic E-state index is 12.8. The van der Waals surface area contributed by atoms with Crippen LogP contribution in [0.25, 0.3) is 0 Å². The number of nitro benzene ring substituents is 1. The molecule has 1 saturated heterocycles. The SMILES string of the molecule is CCCCC(CC)Cc1ccc(N(Cc2ccc(O)cc2)Cc2cc(N(Cc3ccc(O)cc3)Cc3cc([N+](=O)[O-])ccc3CC(CC)CCCC)ccc2CC(CC)CCCC)cc1CN(Cc1ccc(O)cc1)c1ccc(CC(CC)CCCC)c(CN(Cc2ccc(O)cc2)c2ccc(CC(CC)CCCC)c(C3OCCO3)c2)c1. The summed E-state index contributed by atoms with van der Waals surface area (Å²) in [5, 5.41) is 55.9. The number of hydrogen-bond acceptors (Lipinski definition) is 12. The lowest BCUT2D eigenvalue weighted by Crippen LogP contribution is -2.27. The number of ether oxygens (including phenoxy) is 2. The first-order chi connectivity index (χ1) is 57.4. The number of non-ortho nitro benzene ring substituents is 1. The van der Waals surface area contributed by atoms with Crippen molar-refractivity contribution in [2.24, 2.45) is 29.6 Å². The van der Waals surface area contributed by atoms with Crippen LogP contribution in [0.5, 0.6) is 23.0 Å².